The van der Waals surface area contributed by atoms with Crippen molar-refractivity contribution in [2.24, 2.45) is 0 Å². The molecule has 2 aromatic rings. The number of benzene rings is 1. The number of likely N-dealkylation sites (tertiary alicyclic amines) is 1. The van der Waals surface area contributed by atoms with Crippen molar-refractivity contribution in [1.82, 2.24) is 19.8 Å². The lowest BCUT2D eigenvalue weighted by atomic mass is 9.88. The molecule has 2 N–H and O–H groups in total. The lowest BCUT2D eigenvalue weighted by Crippen LogP contribution is -2.55. The minimum absolute atomic E-state index is 0.0379. The normalized spacial score (nSPS) is 18.1. The molecule has 1 spiro atoms. The first-order valence-electron chi connectivity index (χ1n) is 11.7. The van der Waals surface area contributed by atoms with E-state index in [-0.39, 0.29) is 18.4 Å². The van der Waals surface area contributed by atoms with Crippen molar-refractivity contribution in [1.29, 1.82) is 0 Å². The smallest absolute Gasteiger partial charge is 0.490 e. The molecule has 2 aliphatic rings. The van der Waals surface area contributed by atoms with E-state index in [2.05, 4.69) is 10.3 Å². The van der Waals surface area contributed by atoms with Crippen LogP contribution in [0.3, 0.4) is 0 Å². The number of imidazole rings is 1. The number of alkyl halides is 3. The van der Waals surface area contributed by atoms with E-state index in [1.807, 2.05) is 35.0 Å². The average molecular weight is 543 g/mol. The summed E-state index contributed by atoms with van der Waals surface area (Å²) >= 11 is 0. The van der Waals surface area contributed by atoms with Crippen molar-refractivity contribution in [2.75, 3.05) is 33.9 Å². The molecule has 0 bridgehead atoms. The number of ether oxygens (including phenoxy) is 3. The van der Waals surface area contributed by atoms with Gasteiger partial charge in [0.05, 0.1) is 13.7 Å². The first kappa shape index (κ1) is 28.9. The van der Waals surface area contributed by atoms with E-state index in [4.69, 9.17) is 24.1 Å². The molecule has 1 aromatic carbocycles. The number of rotatable bonds is 6. The molecule has 1 fully saturated rings. The van der Waals surface area contributed by atoms with Gasteiger partial charge in [-0.3, -0.25) is 9.59 Å². The van der Waals surface area contributed by atoms with Gasteiger partial charge in [-0.1, -0.05) is 12.1 Å². The van der Waals surface area contributed by atoms with Crippen LogP contribution in [0.25, 0.3) is 0 Å². The van der Waals surface area contributed by atoms with E-state index in [0.717, 1.165) is 17.1 Å². The first-order chi connectivity index (χ1) is 18.0. The van der Waals surface area contributed by atoms with Crippen molar-refractivity contribution in [3.63, 3.8) is 0 Å². The van der Waals surface area contributed by atoms with Crippen LogP contribution in [0.15, 0.2) is 36.7 Å². The topological polar surface area (TPSA) is 132 Å². The second-order valence-corrected chi connectivity index (χ2v) is 8.69. The molecule has 0 aliphatic carbocycles. The number of carboxylic acid groups (broad SMARTS) is 1. The summed E-state index contributed by atoms with van der Waals surface area (Å²) in [7, 11) is 3.13. The third-order valence-corrected chi connectivity index (χ3v) is 6.18. The number of hydrogen-bond acceptors (Lipinski definition) is 7. The minimum Gasteiger partial charge on any atom is -0.497 e. The molecule has 4 rings (SSSR count). The Labute approximate surface area is 216 Å². The monoisotopic (exact) mass is 542 g/mol. The van der Waals surface area contributed by atoms with Gasteiger partial charge in [0.2, 0.25) is 5.91 Å². The van der Waals surface area contributed by atoms with Crippen molar-refractivity contribution < 1.29 is 46.9 Å². The Morgan fingerprint density at radius 2 is 1.92 bits per heavy atom. The van der Waals surface area contributed by atoms with E-state index in [9.17, 15) is 22.8 Å². The number of amides is 2. The Morgan fingerprint density at radius 3 is 2.53 bits per heavy atom. The van der Waals surface area contributed by atoms with Crippen molar-refractivity contribution in [3.05, 3.63) is 48.0 Å². The van der Waals surface area contributed by atoms with Crippen LogP contribution in [0.1, 0.15) is 24.2 Å². The summed E-state index contributed by atoms with van der Waals surface area (Å²) in [5, 5.41) is 10.1. The highest BCUT2D eigenvalue weighted by Crippen LogP contribution is 2.40. The van der Waals surface area contributed by atoms with Gasteiger partial charge in [0.25, 0.3) is 5.91 Å². The molecule has 38 heavy (non-hydrogen) atoms. The highest BCUT2D eigenvalue weighted by molar-refractivity contribution is 5.81. The van der Waals surface area contributed by atoms with E-state index < -0.39 is 23.9 Å². The number of carbonyl (C=O) groups excluding carboxylic acids is 2. The summed E-state index contributed by atoms with van der Waals surface area (Å²) in [5.74, 6) is -1.39. The predicted octanol–water partition coefficient (Wildman–Crippen LogP) is 1.70. The molecule has 1 saturated heterocycles. The third-order valence-electron chi connectivity index (χ3n) is 6.18. The molecular formula is C24H29F3N4O7. The molecule has 1 aromatic heterocycles. The van der Waals surface area contributed by atoms with E-state index in [1.165, 1.54) is 7.11 Å². The van der Waals surface area contributed by atoms with Gasteiger partial charge in [0, 0.05) is 52.0 Å². The number of methoxy groups -OCH3 is 2. The van der Waals surface area contributed by atoms with Crippen LogP contribution in [0.2, 0.25) is 0 Å². The SMILES string of the molecule is COCC(=O)N1CCC2(CC1)OC(C(=O)NCc1cccc(OC)c1)Cn1ccnc12.O=C(O)C(F)(F)F. The fourth-order valence-corrected chi connectivity index (χ4v) is 4.29. The fourth-order valence-electron chi connectivity index (χ4n) is 4.29. The second-order valence-electron chi connectivity index (χ2n) is 8.69. The van der Waals surface area contributed by atoms with Gasteiger partial charge >= 0.3 is 12.1 Å². The van der Waals surface area contributed by atoms with Gasteiger partial charge < -0.3 is 34.1 Å². The first-order valence-corrected chi connectivity index (χ1v) is 11.7. The summed E-state index contributed by atoms with van der Waals surface area (Å²) in [6.07, 6.45) is -0.934. The fraction of sp³-hybridized carbons (Fsp3) is 0.500. The van der Waals surface area contributed by atoms with Gasteiger partial charge in [-0.05, 0) is 17.7 Å². The number of fused-ring (bicyclic) bond motifs is 2. The molecule has 11 nitrogen and oxygen atoms in total. The molecule has 3 heterocycles. The zero-order valence-electron chi connectivity index (χ0n) is 20.9. The standard InChI is InChI=1S/C22H28N4O5.C2HF3O2/c1-29-15-19(27)25-9-6-22(7-10-25)21-23-8-11-26(21)14-18(31-22)20(28)24-13-16-4-3-5-17(12-16)30-2;3-2(4,5)1(6)7/h3-5,8,11-12,18H,6-7,9-10,13-15H2,1-2H3,(H,24,28);(H,6,7). The van der Waals surface area contributed by atoms with Crippen molar-refractivity contribution >= 4 is 17.8 Å². The molecule has 2 aliphatic heterocycles. The molecule has 14 heteroatoms. The molecule has 208 valence electrons. The number of piperidine rings is 1. The van der Waals surface area contributed by atoms with Gasteiger partial charge in [-0.25, -0.2) is 9.78 Å². The highest BCUT2D eigenvalue weighted by Gasteiger charge is 2.47. The number of hydrogen-bond donors (Lipinski definition) is 2. The minimum atomic E-state index is -5.08. The average Bonchev–Trinajstić information content (AvgIpc) is 3.38. The van der Waals surface area contributed by atoms with Crippen LogP contribution >= 0.6 is 0 Å². The van der Waals surface area contributed by atoms with Crippen molar-refractivity contribution in [2.45, 2.75) is 43.8 Å². The van der Waals surface area contributed by atoms with Crippen LogP contribution in [0.4, 0.5) is 13.2 Å². The Morgan fingerprint density at radius 1 is 1.24 bits per heavy atom. The van der Waals surface area contributed by atoms with Crippen LogP contribution in [-0.2, 0) is 42.5 Å². The van der Waals surface area contributed by atoms with Crippen LogP contribution in [0, 0.1) is 0 Å². The number of nitrogens with one attached hydrogen (secondary N) is 1. The molecule has 1 unspecified atom stereocenters. The number of carbonyl (C=O) groups is 3. The largest absolute Gasteiger partial charge is 0.497 e. The number of aromatic nitrogens is 2. The zero-order valence-corrected chi connectivity index (χ0v) is 20.9. The van der Waals surface area contributed by atoms with E-state index in [0.29, 0.717) is 39.0 Å². The van der Waals surface area contributed by atoms with Crippen LogP contribution in [-0.4, -0.2) is 83.5 Å². The number of carboxylic acids is 1. The third kappa shape index (κ3) is 7.01. The summed E-state index contributed by atoms with van der Waals surface area (Å²) < 4.78 is 50.3. The maximum Gasteiger partial charge on any atom is 0.490 e. The maximum atomic E-state index is 13.0. The quantitative estimate of drug-likeness (QED) is 0.564. The van der Waals surface area contributed by atoms with Gasteiger partial charge in [-0.2, -0.15) is 13.2 Å². The molecule has 0 radical (unpaired) electrons. The van der Waals surface area contributed by atoms with Crippen LogP contribution < -0.4 is 10.1 Å². The Bertz CT molecular complexity index is 1130. The Balaban J connectivity index is 0.000000505. The molecule has 0 saturated carbocycles. The van der Waals surface area contributed by atoms with Crippen LogP contribution in [0.5, 0.6) is 5.75 Å². The number of nitrogens with zero attached hydrogens (tertiary/aromatic N) is 3. The lowest BCUT2D eigenvalue weighted by Gasteiger charge is -2.45. The Hall–Kier alpha value is -3.65. The number of halogens is 3. The second kappa shape index (κ2) is 12.3. The number of aliphatic carboxylic acids is 1. The summed E-state index contributed by atoms with van der Waals surface area (Å²) in [4.78, 5) is 40.3. The molecular weight excluding hydrogens is 513 g/mol. The summed E-state index contributed by atoms with van der Waals surface area (Å²) in [5.41, 5.74) is 0.273. The highest BCUT2D eigenvalue weighted by atomic mass is 19.4. The maximum absolute atomic E-state index is 13.0. The predicted molar refractivity (Wildman–Crippen MR) is 125 cm³/mol. The van der Waals surface area contributed by atoms with Gasteiger partial charge in [0.15, 0.2) is 6.10 Å². The molecule has 1 atom stereocenters. The van der Waals surface area contributed by atoms with Crippen molar-refractivity contribution in [3.8, 4) is 5.75 Å². The van der Waals surface area contributed by atoms with E-state index >= 15 is 0 Å². The zero-order chi connectivity index (χ0) is 27.9. The van der Waals surface area contributed by atoms with Gasteiger partial charge in [-0.15, -0.1) is 0 Å². The van der Waals surface area contributed by atoms with E-state index in [1.54, 1.807) is 18.2 Å². The van der Waals surface area contributed by atoms with Gasteiger partial charge in [0.1, 0.15) is 23.8 Å². The molecule has 2 amide bonds. The summed E-state index contributed by atoms with van der Waals surface area (Å²) in [6.45, 7) is 1.94. The Kier molecular flexibility index (Phi) is 9.33. The lowest BCUT2D eigenvalue weighted by molar-refractivity contribution is -0.192. The summed E-state index contributed by atoms with van der Waals surface area (Å²) in [6, 6.07) is 7.59.